The zero-order chi connectivity index (χ0) is 14.7. The average Bonchev–Trinajstić information content (AvgIpc) is 2.94. The van der Waals surface area contributed by atoms with Crippen molar-refractivity contribution < 1.29 is 9.84 Å². The van der Waals surface area contributed by atoms with Gasteiger partial charge in [0.25, 0.3) is 0 Å². The molecule has 0 amide bonds. The number of aliphatic hydroxyl groups excluding tert-OH is 1. The Kier molecular flexibility index (Phi) is 4.65. The first-order valence-corrected chi connectivity index (χ1v) is 8.46. The molecule has 0 radical (unpaired) electrons. The van der Waals surface area contributed by atoms with E-state index in [1.54, 1.807) is 11.3 Å². The van der Waals surface area contributed by atoms with E-state index in [-0.39, 0.29) is 5.41 Å². The molecule has 1 atom stereocenters. The summed E-state index contributed by atoms with van der Waals surface area (Å²) >= 11 is 7.55. The second kappa shape index (κ2) is 6.49. The molecule has 3 rings (SSSR count). The molecule has 1 aromatic carbocycles. The van der Waals surface area contributed by atoms with Gasteiger partial charge in [0.2, 0.25) is 0 Å². The van der Waals surface area contributed by atoms with Gasteiger partial charge < -0.3 is 9.84 Å². The molecule has 1 saturated heterocycles. The maximum atomic E-state index is 10.9. The van der Waals surface area contributed by atoms with E-state index in [4.69, 9.17) is 16.3 Å². The van der Waals surface area contributed by atoms with Gasteiger partial charge in [0, 0.05) is 29.9 Å². The van der Waals surface area contributed by atoms with Crippen LogP contribution in [0.5, 0.6) is 0 Å². The maximum absolute atomic E-state index is 10.9. The van der Waals surface area contributed by atoms with Crippen LogP contribution in [0.2, 0.25) is 4.34 Å². The van der Waals surface area contributed by atoms with Gasteiger partial charge in [-0.2, -0.15) is 0 Å². The summed E-state index contributed by atoms with van der Waals surface area (Å²) in [6.45, 7) is 1.41. The molecule has 1 aliphatic heterocycles. The Morgan fingerprint density at radius 1 is 1.14 bits per heavy atom. The van der Waals surface area contributed by atoms with Crippen molar-refractivity contribution in [3.63, 3.8) is 0 Å². The van der Waals surface area contributed by atoms with Crippen LogP contribution in [-0.4, -0.2) is 24.4 Å². The Balaban J connectivity index is 1.88. The molecule has 112 valence electrons. The van der Waals surface area contributed by atoms with Gasteiger partial charge in [0.15, 0.2) is 0 Å². The van der Waals surface area contributed by atoms with Crippen LogP contribution in [0.3, 0.4) is 0 Å². The molecule has 0 aliphatic carbocycles. The number of halogens is 1. The lowest BCUT2D eigenvalue weighted by Gasteiger charge is -2.41. The monoisotopic (exact) mass is 322 g/mol. The molecule has 1 unspecified atom stereocenters. The van der Waals surface area contributed by atoms with Gasteiger partial charge in [-0.05, 0) is 30.5 Å². The molecular formula is C17H19ClO2S. The van der Waals surface area contributed by atoms with Crippen LogP contribution in [0, 0.1) is 0 Å². The second-order valence-corrected chi connectivity index (χ2v) is 7.36. The van der Waals surface area contributed by atoms with Gasteiger partial charge in [-0.1, -0.05) is 41.9 Å². The molecule has 1 aliphatic rings. The SMILES string of the molecule is OC(Cc1ccc(Cl)s1)C1(c2ccccc2)CCOCC1. The first-order chi connectivity index (χ1) is 10.2. The maximum Gasteiger partial charge on any atom is 0.0931 e. The summed E-state index contributed by atoms with van der Waals surface area (Å²) in [5, 5.41) is 10.9. The van der Waals surface area contributed by atoms with Gasteiger partial charge in [-0.15, -0.1) is 11.3 Å². The molecule has 21 heavy (non-hydrogen) atoms. The minimum Gasteiger partial charge on any atom is -0.392 e. The number of aliphatic hydroxyl groups is 1. The van der Waals surface area contributed by atoms with Crippen LogP contribution < -0.4 is 0 Å². The van der Waals surface area contributed by atoms with E-state index in [1.165, 1.54) is 5.56 Å². The van der Waals surface area contributed by atoms with Crippen molar-refractivity contribution in [1.29, 1.82) is 0 Å². The van der Waals surface area contributed by atoms with Gasteiger partial charge in [-0.3, -0.25) is 0 Å². The van der Waals surface area contributed by atoms with E-state index in [0.717, 1.165) is 22.1 Å². The van der Waals surface area contributed by atoms with E-state index in [9.17, 15) is 5.11 Å². The highest BCUT2D eigenvalue weighted by atomic mass is 35.5. The number of thiophene rings is 1. The number of ether oxygens (including phenoxy) is 1. The number of hydrogen-bond donors (Lipinski definition) is 1. The number of hydrogen-bond acceptors (Lipinski definition) is 3. The Morgan fingerprint density at radius 2 is 1.86 bits per heavy atom. The van der Waals surface area contributed by atoms with Gasteiger partial charge in [0.05, 0.1) is 10.4 Å². The summed E-state index contributed by atoms with van der Waals surface area (Å²) in [4.78, 5) is 1.13. The zero-order valence-corrected chi connectivity index (χ0v) is 13.4. The lowest BCUT2D eigenvalue weighted by atomic mass is 9.69. The highest BCUT2D eigenvalue weighted by molar-refractivity contribution is 7.16. The van der Waals surface area contributed by atoms with Crippen molar-refractivity contribution in [2.45, 2.75) is 30.8 Å². The standard InChI is InChI=1S/C17H19ClO2S/c18-16-7-6-14(21-16)12-15(19)17(8-10-20-11-9-17)13-4-2-1-3-5-13/h1-7,15,19H,8-12H2. The molecule has 4 heteroatoms. The lowest BCUT2D eigenvalue weighted by Crippen LogP contribution is -2.45. The van der Waals surface area contributed by atoms with Crippen LogP contribution in [0.1, 0.15) is 23.3 Å². The Morgan fingerprint density at radius 3 is 2.48 bits per heavy atom. The quantitative estimate of drug-likeness (QED) is 0.920. The first-order valence-electron chi connectivity index (χ1n) is 7.26. The molecule has 2 nitrogen and oxygen atoms in total. The smallest absolute Gasteiger partial charge is 0.0931 e. The summed E-state index contributed by atoms with van der Waals surface area (Å²) in [6.07, 6.45) is 1.94. The topological polar surface area (TPSA) is 29.5 Å². The van der Waals surface area contributed by atoms with Crippen molar-refractivity contribution in [2.75, 3.05) is 13.2 Å². The van der Waals surface area contributed by atoms with Gasteiger partial charge >= 0.3 is 0 Å². The lowest BCUT2D eigenvalue weighted by molar-refractivity contribution is -0.0151. The molecule has 1 N–H and O–H groups in total. The molecular weight excluding hydrogens is 304 g/mol. The number of rotatable bonds is 4. The first kappa shape index (κ1) is 15.0. The zero-order valence-electron chi connectivity index (χ0n) is 11.8. The predicted octanol–water partition coefficient (Wildman–Crippen LogP) is 4.05. The highest BCUT2D eigenvalue weighted by Gasteiger charge is 2.41. The van der Waals surface area contributed by atoms with Crippen LogP contribution in [0.4, 0.5) is 0 Å². The summed E-state index contributed by atoms with van der Waals surface area (Å²) in [5.74, 6) is 0. The van der Waals surface area contributed by atoms with Crippen molar-refractivity contribution in [2.24, 2.45) is 0 Å². The molecule has 2 heterocycles. The van der Waals surface area contributed by atoms with E-state index in [0.29, 0.717) is 19.6 Å². The molecule has 0 saturated carbocycles. The fraction of sp³-hybridized carbons (Fsp3) is 0.412. The van der Waals surface area contributed by atoms with Crippen LogP contribution in [0.15, 0.2) is 42.5 Å². The van der Waals surface area contributed by atoms with E-state index >= 15 is 0 Å². The van der Waals surface area contributed by atoms with E-state index in [1.807, 2.05) is 30.3 Å². The third-order valence-corrected chi connectivity index (χ3v) is 5.65. The normalized spacial score (nSPS) is 19.3. The Hall–Kier alpha value is -0.870. The highest BCUT2D eigenvalue weighted by Crippen LogP contribution is 2.40. The molecule has 1 aromatic heterocycles. The molecule has 0 spiro atoms. The third kappa shape index (κ3) is 3.16. The summed E-state index contributed by atoms with van der Waals surface area (Å²) in [6, 6.07) is 14.2. The minimum absolute atomic E-state index is 0.212. The van der Waals surface area contributed by atoms with Gasteiger partial charge in [0.1, 0.15) is 0 Å². The fourth-order valence-corrected chi connectivity index (χ4v) is 4.29. The minimum atomic E-state index is -0.418. The van der Waals surface area contributed by atoms with Crippen LogP contribution >= 0.6 is 22.9 Å². The Labute approximate surface area is 134 Å². The molecule has 1 fully saturated rings. The van der Waals surface area contributed by atoms with Gasteiger partial charge in [-0.25, -0.2) is 0 Å². The largest absolute Gasteiger partial charge is 0.392 e. The van der Waals surface area contributed by atoms with Crippen molar-refractivity contribution >= 4 is 22.9 Å². The average molecular weight is 323 g/mol. The number of benzene rings is 1. The summed E-state index contributed by atoms with van der Waals surface area (Å²) in [7, 11) is 0. The van der Waals surface area contributed by atoms with Crippen molar-refractivity contribution in [1.82, 2.24) is 0 Å². The van der Waals surface area contributed by atoms with Crippen LogP contribution in [-0.2, 0) is 16.6 Å². The van der Waals surface area contributed by atoms with Crippen LogP contribution in [0.25, 0.3) is 0 Å². The molecule has 0 bridgehead atoms. The third-order valence-electron chi connectivity index (χ3n) is 4.39. The van der Waals surface area contributed by atoms with Crippen molar-refractivity contribution in [3.05, 3.63) is 57.2 Å². The van der Waals surface area contributed by atoms with E-state index in [2.05, 4.69) is 12.1 Å². The second-order valence-electron chi connectivity index (χ2n) is 5.56. The van der Waals surface area contributed by atoms with E-state index < -0.39 is 6.10 Å². The summed E-state index contributed by atoms with van der Waals surface area (Å²) < 4.78 is 6.30. The summed E-state index contributed by atoms with van der Waals surface area (Å²) in [5.41, 5.74) is 0.999. The molecule has 2 aromatic rings. The Bertz CT molecular complexity index is 575. The fourth-order valence-electron chi connectivity index (χ4n) is 3.17. The van der Waals surface area contributed by atoms with Crippen molar-refractivity contribution in [3.8, 4) is 0 Å². The predicted molar refractivity (Wildman–Crippen MR) is 87.2 cm³/mol.